The summed E-state index contributed by atoms with van der Waals surface area (Å²) in [6.07, 6.45) is 0.101. The number of hydrogen-bond acceptors (Lipinski definition) is 8. The van der Waals surface area contributed by atoms with E-state index in [0.29, 0.717) is 5.57 Å². The zero-order chi connectivity index (χ0) is 25.9. The molecule has 190 valence electrons. The van der Waals surface area contributed by atoms with Crippen molar-refractivity contribution < 1.29 is 28.7 Å². The number of nitrogens with two attached hydrogens (primary N) is 2. The average Bonchev–Trinajstić information content (AvgIpc) is 2.68. The van der Waals surface area contributed by atoms with Crippen molar-refractivity contribution in [3.63, 3.8) is 0 Å². The SMILES string of the molecule is C=C(C[C@@H](N)C(=O)N[C@H](C(=O)OCC)C(C)C)C[C@@](C)(N)C(=O)N[C@H](C(=O)OCC)C(C)C. The summed E-state index contributed by atoms with van der Waals surface area (Å²) < 4.78 is 10.0. The molecule has 10 nitrogen and oxygen atoms in total. The molecule has 0 bridgehead atoms. The van der Waals surface area contributed by atoms with Gasteiger partial charge in [0.05, 0.1) is 24.8 Å². The van der Waals surface area contributed by atoms with Crippen molar-refractivity contribution in [2.24, 2.45) is 23.3 Å². The molecule has 0 aliphatic rings. The van der Waals surface area contributed by atoms with Crippen LogP contribution in [0.4, 0.5) is 0 Å². The second-order valence-electron chi connectivity index (χ2n) is 9.08. The Labute approximate surface area is 197 Å². The topological polar surface area (TPSA) is 163 Å². The van der Waals surface area contributed by atoms with Crippen LogP contribution in [0.3, 0.4) is 0 Å². The monoisotopic (exact) mass is 470 g/mol. The van der Waals surface area contributed by atoms with Crippen LogP contribution < -0.4 is 22.1 Å². The average molecular weight is 471 g/mol. The summed E-state index contributed by atoms with van der Waals surface area (Å²) >= 11 is 0. The van der Waals surface area contributed by atoms with E-state index in [-0.39, 0.29) is 37.9 Å². The highest BCUT2D eigenvalue weighted by Crippen LogP contribution is 2.18. The maximum absolute atomic E-state index is 12.8. The minimum absolute atomic E-state index is 0.0406. The molecule has 2 amide bonds. The number of carbonyl (C=O) groups excluding carboxylic acids is 4. The Morgan fingerprint density at radius 1 is 0.909 bits per heavy atom. The van der Waals surface area contributed by atoms with Crippen molar-refractivity contribution >= 4 is 23.8 Å². The molecule has 4 atom stereocenters. The highest BCUT2D eigenvalue weighted by molar-refractivity contribution is 5.90. The minimum Gasteiger partial charge on any atom is -0.464 e. The number of ether oxygens (including phenoxy) is 2. The number of nitrogens with one attached hydrogen (secondary N) is 2. The molecule has 6 N–H and O–H groups in total. The van der Waals surface area contributed by atoms with E-state index in [1.165, 1.54) is 6.92 Å². The first-order chi connectivity index (χ1) is 15.2. The normalized spacial score (nSPS) is 15.7. The zero-order valence-electron chi connectivity index (χ0n) is 21.0. The van der Waals surface area contributed by atoms with Gasteiger partial charge >= 0.3 is 11.9 Å². The molecular formula is C23H42N4O6. The van der Waals surface area contributed by atoms with Crippen molar-refractivity contribution in [1.82, 2.24) is 10.6 Å². The Hall–Kier alpha value is -2.46. The molecule has 0 saturated carbocycles. The van der Waals surface area contributed by atoms with E-state index in [1.54, 1.807) is 41.5 Å². The fourth-order valence-electron chi connectivity index (χ4n) is 3.10. The second kappa shape index (κ2) is 13.9. The number of hydrogen-bond donors (Lipinski definition) is 4. The van der Waals surface area contributed by atoms with Gasteiger partial charge in [0, 0.05) is 0 Å². The lowest BCUT2D eigenvalue weighted by molar-refractivity contribution is -0.149. The molecule has 0 saturated heterocycles. The van der Waals surface area contributed by atoms with Crippen LogP contribution >= 0.6 is 0 Å². The summed E-state index contributed by atoms with van der Waals surface area (Å²) in [5.41, 5.74) is 11.3. The summed E-state index contributed by atoms with van der Waals surface area (Å²) in [5.74, 6) is -2.52. The van der Waals surface area contributed by atoms with Crippen LogP contribution in [-0.4, -0.2) is 60.6 Å². The molecule has 0 fully saturated rings. The molecule has 0 aliphatic heterocycles. The van der Waals surface area contributed by atoms with Crippen LogP contribution in [0.25, 0.3) is 0 Å². The molecule has 0 aromatic heterocycles. The van der Waals surface area contributed by atoms with Gasteiger partial charge in [0.15, 0.2) is 0 Å². The number of carbonyl (C=O) groups is 4. The zero-order valence-corrected chi connectivity index (χ0v) is 21.0. The summed E-state index contributed by atoms with van der Waals surface area (Å²) in [7, 11) is 0. The molecule has 0 aromatic carbocycles. The molecule has 10 heteroatoms. The predicted octanol–water partition coefficient (Wildman–Crippen LogP) is 0.775. The van der Waals surface area contributed by atoms with Crippen molar-refractivity contribution in [2.45, 2.75) is 85.0 Å². The molecule has 0 radical (unpaired) electrons. The molecule has 0 aliphatic carbocycles. The molecule has 0 heterocycles. The van der Waals surface area contributed by atoms with Crippen LogP contribution in [0.15, 0.2) is 12.2 Å². The lowest BCUT2D eigenvalue weighted by Gasteiger charge is -2.29. The van der Waals surface area contributed by atoms with E-state index >= 15 is 0 Å². The molecule has 0 unspecified atom stereocenters. The fourth-order valence-corrected chi connectivity index (χ4v) is 3.10. The van der Waals surface area contributed by atoms with E-state index in [1.807, 2.05) is 0 Å². The van der Waals surface area contributed by atoms with Crippen molar-refractivity contribution in [1.29, 1.82) is 0 Å². The van der Waals surface area contributed by atoms with Crippen molar-refractivity contribution in [3.05, 3.63) is 12.2 Å². The Bertz CT molecular complexity index is 705. The Morgan fingerprint density at radius 3 is 1.73 bits per heavy atom. The van der Waals surface area contributed by atoms with Crippen LogP contribution in [0.1, 0.15) is 61.3 Å². The largest absolute Gasteiger partial charge is 0.464 e. The van der Waals surface area contributed by atoms with Gasteiger partial charge in [-0.3, -0.25) is 9.59 Å². The maximum atomic E-state index is 12.8. The summed E-state index contributed by atoms with van der Waals surface area (Å²) in [6.45, 7) is 16.3. The Balaban J connectivity index is 5.05. The van der Waals surface area contributed by atoms with E-state index in [4.69, 9.17) is 20.9 Å². The quantitative estimate of drug-likeness (QED) is 0.214. The predicted molar refractivity (Wildman–Crippen MR) is 126 cm³/mol. The molecule has 0 rings (SSSR count). The van der Waals surface area contributed by atoms with Gasteiger partial charge in [0.25, 0.3) is 0 Å². The third-order valence-electron chi connectivity index (χ3n) is 4.98. The smallest absolute Gasteiger partial charge is 0.328 e. The lowest BCUT2D eigenvalue weighted by Crippen LogP contribution is -2.57. The van der Waals surface area contributed by atoms with Gasteiger partial charge < -0.3 is 31.6 Å². The van der Waals surface area contributed by atoms with E-state index < -0.39 is 47.4 Å². The molecule has 0 spiro atoms. The van der Waals surface area contributed by atoms with E-state index in [2.05, 4.69) is 17.2 Å². The third kappa shape index (κ3) is 10.3. The van der Waals surface area contributed by atoms with Gasteiger partial charge in [0.1, 0.15) is 12.1 Å². The maximum Gasteiger partial charge on any atom is 0.328 e. The van der Waals surface area contributed by atoms with Gasteiger partial charge in [-0.25, -0.2) is 9.59 Å². The standard InChI is InChI=1S/C23H42N4O6/c1-9-32-20(29)17(13(3)4)26-19(28)16(24)11-15(7)12-23(8,25)22(31)27-18(14(5)6)21(30)33-10-2/h13-14,16-18H,7,9-12,24-25H2,1-6,8H3,(H,26,28)(H,27,31)/t16-,17+,18+,23-/m1/s1. The highest BCUT2D eigenvalue weighted by Gasteiger charge is 2.35. The van der Waals surface area contributed by atoms with Gasteiger partial charge in [-0.05, 0) is 45.4 Å². The summed E-state index contributed by atoms with van der Waals surface area (Å²) in [4.78, 5) is 49.5. The first-order valence-electron chi connectivity index (χ1n) is 11.3. The fraction of sp³-hybridized carbons (Fsp3) is 0.739. The highest BCUT2D eigenvalue weighted by atomic mass is 16.5. The van der Waals surface area contributed by atoms with E-state index in [9.17, 15) is 19.2 Å². The Morgan fingerprint density at radius 2 is 1.33 bits per heavy atom. The molecule has 0 aromatic rings. The third-order valence-corrected chi connectivity index (χ3v) is 4.98. The van der Waals surface area contributed by atoms with Gasteiger partial charge in [-0.15, -0.1) is 0 Å². The number of rotatable bonds is 14. The van der Waals surface area contributed by atoms with Crippen LogP contribution in [-0.2, 0) is 28.7 Å². The van der Waals surface area contributed by atoms with Gasteiger partial charge in [-0.1, -0.05) is 39.8 Å². The van der Waals surface area contributed by atoms with Gasteiger partial charge in [-0.2, -0.15) is 0 Å². The first kappa shape index (κ1) is 30.5. The molecular weight excluding hydrogens is 428 g/mol. The Kier molecular flexibility index (Phi) is 12.9. The first-order valence-corrected chi connectivity index (χ1v) is 11.3. The molecule has 33 heavy (non-hydrogen) atoms. The van der Waals surface area contributed by atoms with Crippen LogP contribution in [0, 0.1) is 11.8 Å². The second-order valence-corrected chi connectivity index (χ2v) is 9.08. The lowest BCUT2D eigenvalue weighted by atomic mass is 9.89. The van der Waals surface area contributed by atoms with Crippen molar-refractivity contribution in [2.75, 3.05) is 13.2 Å². The van der Waals surface area contributed by atoms with E-state index in [0.717, 1.165) is 0 Å². The number of esters is 2. The van der Waals surface area contributed by atoms with Gasteiger partial charge in [0.2, 0.25) is 11.8 Å². The minimum atomic E-state index is -1.39. The number of amides is 2. The summed E-state index contributed by atoms with van der Waals surface area (Å²) in [6, 6.07) is -2.65. The van der Waals surface area contributed by atoms with Crippen LogP contribution in [0.2, 0.25) is 0 Å². The van der Waals surface area contributed by atoms with Crippen LogP contribution in [0.5, 0.6) is 0 Å². The van der Waals surface area contributed by atoms with Crippen molar-refractivity contribution in [3.8, 4) is 0 Å². The summed E-state index contributed by atoms with van der Waals surface area (Å²) in [5, 5.41) is 5.26.